The summed E-state index contributed by atoms with van der Waals surface area (Å²) in [4.78, 5) is 20.3. The van der Waals surface area contributed by atoms with Gasteiger partial charge >= 0.3 is 0 Å². The van der Waals surface area contributed by atoms with Crippen LogP contribution < -0.4 is 0 Å². The molecule has 0 atom stereocenters. The molecule has 0 spiro atoms. The zero-order chi connectivity index (χ0) is 28.3. The molecule has 1 aliphatic rings. The maximum absolute atomic E-state index is 13.7. The zero-order valence-electron chi connectivity index (χ0n) is 22.9. The molecular weight excluding hydrogens is 521 g/mol. The predicted molar refractivity (Wildman–Crippen MR) is 145 cm³/mol. The fraction of sp³-hybridized carbons (Fsp3) is 0.393. The molecule has 0 bridgehead atoms. The van der Waals surface area contributed by atoms with Gasteiger partial charge in [0, 0.05) is 50.1 Å². The number of nitrogens with zero attached hydrogens (tertiary/aromatic N) is 5. The number of sulfonamides is 1. The Kier molecular flexibility index (Phi) is 6.62. The van der Waals surface area contributed by atoms with Crippen LogP contribution in [0.2, 0.25) is 0 Å². The molecule has 3 aromatic heterocycles. The minimum absolute atomic E-state index is 0.0879. The standard InChI is InChI=1S/C28H32FN5O4S/c1-17(2)21-13-22(19-7-9-20(29)10-8-19)30-23-14-24(38-26(21)23)27(35)34-12-11-33(16-28(34,4)5)39(36,37)25-15-32(6)31-18(25)3/h7-10,13-15,17H,11-12,16H2,1-6H3. The van der Waals surface area contributed by atoms with E-state index in [1.54, 1.807) is 37.1 Å². The van der Waals surface area contributed by atoms with Crippen molar-refractivity contribution in [1.29, 1.82) is 0 Å². The summed E-state index contributed by atoms with van der Waals surface area (Å²) in [5, 5.41) is 4.17. The Morgan fingerprint density at radius 2 is 1.82 bits per heavy atom. The van der Waals surface area contributed by atoms with Gasteiger partial charge in [0.1, 0.15) is 16.2 Å². The number of rotatable bonds is 5. The van der Waals surface area contributed by atoms with Gasteiger partial charge < -0.3 is 9.32 Å². The van der Waals surface area contributed by atoms with Crippen LogP contribution in [0.25, 0.3) is 22.4 Å². The molecule has 1 aliphatic heterocycles. The van der Waals surface area contributed by atoms with E-state index in [2.05, 4.69) is 5.10 Å². The summed E-state index contributed by atoms with van der Waals surface area (Å²) in [7, 11) is -2.09. The molecule has 11 heteroatoms. The van der Waals surface area contributed by atoms with Crippen molar-refractivity contribution in [2.24, 2.45) is 7.05 Å². The number of aromatic nitrogens is 3. The molecule has 5 rings (SSSR count). The van der Waals surface area contributed by atoms with Crippen LogP contribution in [0.15, 0.2) is 51.9 Å². The largest absolute Gasteiger partial charge is 0.449 e. The molecule has 1 aromatic carbocycles. The quantitative estimate of drug-likeness (QED) is 0.354. The first-order valence-electron chi connectivity index (χ1n) is 12.8. The number of furan rings is 1. The number of carbonyl (C=O) groups is 1. The number of carbonyl (C=O) groups excluding carboxylic acids is 1. The molecule has 0 N–H and O–H groups in total. The molecule has 0 unspecified atom stereocenters. The lowest BCUT2D eigenvalue weighted by Crippen LogP contribution is -2.61. The van der Waals surface area contributed by atoms with Crippen molar-refractivity contribution in [3.8, 4) is 11.3 Å². The van der Waals surface area contributed by atoms with Crippen LogP contribution in [0, 0.1) is 12.7 Å². The number of pyridine rings is 1. The van der Waals surface area contributed by atoms with Gasteiger partial charge in [-0.05, 0) is 57.0 Å². The Balaban J connectivity index is 1.45. The topological polar surface area (TPSA) is 102 Å². The summed E-state index contributed by atoms with van der Waals surface area (Å²) in [5.74, 6) is -0.426. The van der Waals surface area contributed by atoms with E-state index in [4.69, 9.17) is 9.40 Å². The first-order valence-corrected chi connectivity index (χ1v) is 14.2. The fourth-order valence-corrected chi connectivity index (χ4v) is 6.93. The van der Waals surface area contributed by atoms with Gasteiger partial charge in [0.15, 0.2) is 11.3 Å². The number of fused-ring (bicyclic) bond motifs is 1. The minimum atomic E-state index is -3.77. The molecule has 1 fully saturated rings. The van der Waals surface area contributed by atoms with Crippen LogP contribution in [0.3, 0.4) is 0 Å². The van der Waals surface area contributed by atoms with E-state index < -0.39 is 15.6 Å². The normalized spacial score (nSPS) is 16.4. The van der Waals surface area contributed by atoms with Crippen LogP contribution in [-0.2, 0) is 17.1 Å². The Labute approximate surface area is 227 Å². The smallest absolute Gasteiger partial charge is 0.290 e. The molecule has 9 nitrogen and oxygen atoms in total. The summed E-state index contributed by atoms with van der Waals surface area (Å²) in [6.45, 7) is 9.88. The maximum Gasteiger partial charge on any atom is 0.290 e. The molecule has 1 saturated heterocycles. The number of aryl methyl sites for hydroxylation is 2. The molecule has 206 valence electrons. The average Bonchev–Trinajstić information content (AvgIpc) is 3.45. The van der Waals surface area contributed by atoms with Crippen LogP contribution in [0.1, 0.15) is 55.4 Å². The van der Waals surface area contributed by atoms with Crippen molar-refractivity contribution >= 4 is 27.0 Å². The third-order valence-electron chi connectivity index (χ3n) is 7.18. The minimum Gasteiger partial charge on any atom is -0.449 e. The van der Waals surface area contributed by atoms with E-state index in [0.29, 0.717) is 22.5 Å². The maximum atomic E-state index is 13.7. The van der Waals surface area contributed by atoms with E-state index in [1.165, 1.54) is 27.3 Å². The SMILES string of the molecule is Cc1nn(C)cc1S(=O)(=O)N1CCN(C(=O)c2cc3nc(-c4ccc(F)cc4)cc(C(C)C)c3o2)C(C)(C)C1. The molecular formula is C28H32FN5O4S. The van der Waals surface area contributed by atoms with E-state index in [1.807, 2.05) is 33.8 Å². The van der Waals surface area contributed by atoms with E-state index in [0.717, 1.165) is 11.1 Å². The number of hydrogen-bond acceptors (Lipinski definition) is 6. The molecule has 4 heterocycles. The van der Waals surface area contributed by atoms with Crippen molar-refractivity contribution in [1.82, 2.24) is 24.0 Å². The Morgan fingerprint density at radius 3 is 2.41 bits per heavy atom. The first-order chi connectivity index (χ1) is 18.3. The van der Waals surface area contributed by atoms with Crippen molar-refractivity contribution in [3.63, 3.8) is 0 Å². The Bertz CT molecular complexity index is 1670. The van der Waals surface area contributed by atoms with Gasteiger partial charge in [-0.2, -0.15) is 9.40 Å². The third kappa shape index (κ3) is 4.85. The van der Waals surface area contributed by atoms with Crippen molar-refractivity contribution in [2.75, 3.05) is 19.6 Å². The number of hydrogen-bond donors (Lipinski definition) is 0. The zero-order valence-corrected chi connectivity index (χ0v) is 23.7. The summed E-state index contributed by atoms with van der Waals surface area (Å²) >= 11 is 0. The summed E-state index contributed by atoms with van der Waals surface area (Å²) in [6.07, 6.45) is 1.50. The van der Waals surface area contributed by atoms with Crippen LogP contribution >= 0.6 is 0 Å². The van der Waals surface area contributed by atoms with Gasteiger partial charge in [0.2, 0.25) is 10.0 Å². The lowest BCUT2D eigenvalue weighted by molar-refractivity contribution is 0.0325. The summed E-state index contributed by atoms with van der Waals surface area (Å²) in [5.41, 5.74) is 3.02. The Hall–Kier alpha value is -3.57. The number of halogens is 1. The number of amides is 1. The van der Waals surface area contributed by atoms with Crippen molar-refractivity contribution in [3.05, 3.63) is 65.4 Å². The number of piperazine rings is 1. The number of benzene rings is 1. The van der Waals surface area contributed by atoms with Gasteiger partial charge in [0.05, 0.1) is 16.9 Å². The lowest BCUT2D eigenvalue weighted by atomic mass is 9.99. The molecule has 1 amide bonds. The fourth-order valence-electron chi connectivity index (χ4n) is 5.14. The van der Waals surface area contributed by atoms with Gasteiger partial charge in [-0.15, -0.1) is 0 Å². The highest BCUT2D eigenvalue weighted by Gasteiger charge is 2.43. The van der Waals surface area contributed by atoms with Crippen molar-refractivity contribution in [2.45, 2.75) is 51.0 Å². The highest BCUT2D eigenvalue weighted by Crippen LogP contribution is 2.34. The summed E-state index contributed by atoms with van der Waals surface area (Å²) in [6, 6.07) is 9.66. The molecule has 0 saturated carbocycles. The molecule has 4 aromatic rings. The van der Waals surface area contributed by atoms with E-state index >= 15 is 0 Å². The highest BCUT2D eigenvalue weighted by molar-refractivity contribution is 7.89. The lowest BCUT2D eigenvalue weighted by Gasteiger charge is -2.46. The third-order valence-corrected chi connectivity index (χ3v) is 9.13. The molecule has 0 radical (unpaired) electrons. The van der Waals surface area contributed by atoms with Crippen LogP contribution in [0.5, 0.6) is 0 Å². The van der Waals surface area contributed by atoms with Crippen LogP contribution in [-0.4, -0.2) is 63.5 Å². The molecule has 0 aliphatic carbocycles. The Morgan fingerprint density at radius 1 is 1.13 bits per heavy atom. The average molecular weight is 554 g/mol. The monoisotopic (exact) mass is 553 g/mol. The first kappa shape index (κ1) is 27.0. The van der Waals surface area contributed by atoms with Gasteiger partial charge in [-0.1, -0.05) is 13.8 Å². The molecule has 39 heavy (non-hydrogen) atoms. The van der Waals surface area contributed by atoms with Gasteiger partial charge in [0.25, 0.3) is 5.91 Å². The van der Waals surface area contributed by atoms with Crippen LogP contribution in [0.4, 0.5) is 4.39 Å². The second-order valence-electron chi connectivity index (χ2n) is 10.9. The van der Waals surface area contributed by atoms with Crippen molar-refractivity contribution < 1.29 is 22.0 Å². The van der Waals surface area contributed by atoms with Gasteiger partial charge in [-0.25, -0.2) is 17.8 Å². The summed E-state index contributed by atoms with van der Waals surface area (Å²) < 4.78 is 49.2. The van der Waals surface area contributed by atoms with Gasteiger partial charge in [-0.3, -0.25) is 9.48 Å². The van der Waals surface area contributed by atoms with E-state index in [9.17, 15) is 17.6 Å². The van der Waals surface area contributed by atoms with E-state index in [-0.39, 0.29) is 47.9 Å². The second kappa shape index (κ2) is 9.56. The second-order valence-corrected chi connectivity index (χ2v) is 12.8. The predicted octanol–water partition coefficient (Wildman–Crippen LogP) is 4.72. The highest BCUT2D eigenvalue weighted by atomic mass is 32.2.